The molecule has 1 aromatic carbocycles. The number of rotatable bonds is 2. The van der Waals surface area contributed by atoms with Gasteiger partial charge in [-0.1, -0.05) is 27.5 Å². The standard InChI is InChI=1S/C11H9BrClFN2/c1-7-8(5-12)6-15-16(7)9-2-3-11(14)10(13)4-9/h2-4,6H,5H2,1H3. The second kappa shape index (κ2) is 4.55. The van der Waals surface area contributed by atoms with E-state index in [1.165, 1.54) is 6.07 Å². The fourth-order valence-corrected chi connectivity index (χ4v) is 2.18. The highest BCUT2D eigenvalue weighted by molar-refractivity contribution is 9.08. The third kappa shape index (κ3) is 1.99. The number of alkyl halides is 1. The molecule has 0 unspecified atom stereocenters. The second-order valence-electron chi connectivity index (χ2n) is 3.40. The third-order valence-electron chi connectivity index (χ3n) is 2.40. The normalized spacial score (nSPS) is 10.8. The van der Waals surface area contributed by atoms with Crippen molar-refractivity contribution < 1.29 is 4.39 Å². The summed E-state index contributed by atoms with van der Waals surface area (Å²) in [6, 6.07) is 4.56. The summed E-state index contributed by atoms with van der Waals surface area (Å²) in [5.41, 5.74) is 2.87. The van der Waals surface area contributed by atoms with Gasteiger partial charge in [0, 0.05) is 16.6 Å². The molecule has 84 valence electrons. The number of hydrogen-bond donors (Lipinski definition) is 0. The molecule has 5 heteroatoms. The smallest absolute Gasteiger partial charge is 0.141 e. The van der Waals surface area contributed by atoms with Crippen molar-refractivity contribution in [3.63, 3.8) is 0 Å². The fourth-order valence-electron chi connectivity index (χ4n) is 1.45. The van der Waals surface area contributed by atoms with E-state index in [9.17, 15) is 4.39 Å². The Morgan fingerprint density at radius 2 is 2.25 bits per heavy atom. The molecule has 0 atom stereocenters. The zero-order valence-electron chi connectivity index (χ0n) is 8.54. The van der Waals surface area contributed by atoms with Gasteiger partial charge < -0.3 is 0 Å². The van der Waals surface area contributed by atoms with Crippen molar-refractivity contribution in [2.75, 3.05) is 0 Å². The van der Waals surface area contributed by atoms with E-state index in [0.717, 1.165) is 22.3 Å². The predicted octanol–water partition coefficient (Wildman–Crippen LogP) is 3.87. The zero-order chi connectivity index (χ0) is 11.7. The molecule has 0 aliphatic rings. The highest BCUT2D eigenvalue weighted by Crippen LogP contribution is 2.21. The van der Waals surface area contributed by atoms with Crippen LogP contribution >= 0.6 is 27.5 Å². The van der Waals surface area contributed by atoms with Gasteiger partial charge in [-0.15, -0.1) is 0 Å². The maximum absolute atomic E-state index is 13.0. The Kier molecular flexibility index (Phi) is 3.30. The molecule has 0 N–H and O–H groups in total. The SMILES string of the molecule is Cc1c(CBr)cnn1-c1ccc(F)c(Cl)c1. The largest absolute Gasteiger partial charge is 0.238 e. The minimum Gasteiger partial charge on any atom is -0.238 e. The Hall–Kier alpha value is -0.870. The maximum atomic E-state index is 13.0. The summed E-state index contributed by atoms with van der Waals surface area (Å²) in [5, 5.41) is 5.08. The molecule has 0 fully saturated rings. The monoisotopic (exact) mass is 302 g/mol. The molecule has 0 amide bonds. The van der Waals surface area contributed by atoms with Gasteiger partial charge in [0.1, 0.15) is 5.82 Å². The van der Waals surface area contributed by atoms with Crippen LogP contribution < -0.4 is 0 Å². The van der Waals surface area contributed by atoms with Crippen molar-refractivity contribution in [3.8, 4) is 5.69 Å². The van der Waals surface area contributed by atoms with Crippen LogP contribution in [0.15, 0.2) is 24.4 Å². The fraction of sp³-hybridized carbons (Fsp3) is 0.182. The highest BCUT2D eigenvalue weighted by atomic mass is 79.9. The van der Waals surface area contributed by atoms with Gasteiger partial charge in [0.25, 0.3) is 0 Å². The minimum absolute atomic E-state index is 0.104. The van der Waals surface area contributed by atoms with Crippen molar-refractivity contribution in [3.05, 3.63) is 46.5 Å². The Morgan fingerprint density at radius 3 is 2.81 bits per heavy atom. The molecule has 16 heavy (non-hydrogen) atoms. The molecule has 2 aromatic rings. The molecule has 0 spiro atoms. The number of hydrogen-bond acceptors (Lipinski definition) is 1. The van der Waals surface area contributed by atoms with Crippen molar-refractivity contribution in [2.24, 2.45) is 0 Å². The van der Waals surface area contributed by atoms with Gasteiger partial charge >= 0.3 is 0 Å². The molecule has 2 nitrogen and oxygen atoms in total. The van der Waals surface area contributed by atoms with E-state index in [-0.39, 0.29) is 5.02 Å². The lowest BCUT2D eigenvalue weighted by molar-refractivity contribution is 0.627. The van der Waals surface area contributed by atoms with E-state index in [4.69, 9.17) is 11.6 Å². The van der Waals surface area contributed by atoms with E-state index in [2.05, 4.69) is 21.0 Å². The molecule has 0 bridgehead atoms. The summed E-state index contributed by atoms with van der Waals surface area (Å²) in [7, 11) is 0. The Morgan fingerprint density at radius 1 is 1.50 bits per heavy atom. The van der Waals surface area contributed by atoms with Crippen LogP contribution in [-0.4, -0.2) is 9.78 Å². The summed E-state index contributed by atoms with van der Waals surface area (Å²) >= 11 is 9.11. The zero-order valence-corrected chi connectivity index (χ0v) is 10.9. The van der Waals surface area contributed by atoms with Crippen LogP contribution in [0.25, 0.3) is 5.69 Å². The summed E-state index contributed by atoms with van der Waals surface area (Å²) in [6.45, 7) is 1.96. The summed E-state index contributed by atoms with van der Waals surface area (Å²) in [6.07, 6.45) is 1.78. The van der Waals surface area contributed by atoms with Crippen LogP contribution in [0.3, 0.4) is 0 Å². The van der Waals surface area contributed by atoms with Crippen molar-refractivity contribution in [1.29, 1.82) is 0 Å². The van der Waals surface area contributed by atoms with Gasteiger partial charge in [-0.25, -0.2) is 9.07 Å². The molecular weight excluding hydrogens is 294 g/mol. The lowest BCUT2D eigenvalue weighted by Crippen LogP contribution is -1.99. The van der Waals surface area contributed by atoms with Crippen molar-refractivity contribution >= 4 is 27.5 Å². The molecule has 0 radical (unpaired) electrons. The number of halogens is 3. The maximum Gasteiger partial charge on any atom is 0.141 e. The van der Waals surface area contributed by atoms with Crippen LogP contribution in [0.4, 0.5) is 4.39 Å². The van der Waals surface area contributed by atoms with Crippen LogP contribution in [0, 0.1) is 12.7 Å². The van der Waals surface area contributed by atoms with Gasteiger partial charge in [-0.2, -0.15) is 5.10 Å². The second-order valence-corrected chi connectivity index (χ2v) is 4.37. The lowest BCUT2D eigenvalue weighted by Gasteiger charge is -2.05. The Bertz CT molecular complexity index is 525. The summed E-state index contributed by atoms with van der Waals surface area (Å²) in [4.78, 5) is 0. The van der Waals surface area contributed by atoms with Crippen LogP contribution in [-0.2, 0) is 5.33 Å². The first-order valence-electron chi connectivity index (χ1n) is 4.68. The van der Waals surface area contributed by atoms with Crippen molar-refractivity contribution in [2.45, 2.75) is 12.3 Å². The minimum atomic E-state index is -0.420. The quantitative estimate of drug-likeness (QED) is 0.770. The Balaban J connectivity index is 2.50. The van der Waals surface area contributed by atoms with Crippen molar-refractivity contribution in [1.82, 2.24) is 9.78 Å². The van der Waals surface area contributed by atoms with E-state index in [0.29, 0.717) is 0 Å². The molecule has 0 saturated carbocycles. The van der Waals surface area contributed by atoms with Gasteiger partial charge in [0.05, 0.1) is 16.9 Å². The first-order chi connectivity index (χ1) is 7.63. The molecule has 0 aliphatic heterocycles. The number of aromatic nitrogens is 2. The molecule has 0 aliphatic carbocycles. The molecule has 2 rings (SSSR count). The van der Waals surface area contributed by atoms with E-state index in [1.54, 1.807) is 23.0 Å². The first-order valence-corrected chi connectivity index (χ1v) is 6.18. The van der Waals surface area contributed by atoms with Gasteiger partial charge in [-0.3, -0.25) is 0 Å². The highest BCUT2D eigenvalue weighted by Gasteiger charge is 2.08. The lowest BCUT2D eigenvalue weighted by atomic mass is 10.2. The number of nitrogens with zero attached hydrogens (tertiary/aromatic N) is 2. The summed E-state index contributed by atoms with van der Waals surface area (Å²) < 4.78 is 14.8. The third-order valence-corrected chi connectivity index (χ3v) is 3.30. The van der Waals surface area contributed by atoms with Crippen LogP contribution in [0.1, 0.15) is 11.3 Å². The van der Waals surface area contributed by atoms with Gasteiger partial charge in [0.15, 0.2) is 0 Å². The average Bonchev–Trinajstić information content (AvgIpc) is 2.64. The van der Waals surface area contributed by atoms with Crippen LogP contribution in [0.5, 0.6) is 0 Å². The Labute approximate surface area is 106 Å². The molecular formula is C11H9BrClFN2. The molecule has 1 aromatic heterocycles. The summed E-state index contributed by atoms with van der Waals surface area (Å²) in [5.74, 6) is -0.420. The predicted molar refractivity (Wildman–Crippen MR) is 65.9 cm³/mol. The van der Waals surface area contributed by atoms with Gasteiger partial charge in [0.2, 0.25) is 0 Å². The van der Waals surface area contributed by atoms with Gasteiger partial charge in [-0.05, 0) is 25.1 Å². The van der Waals surface area contributed by atoms with E-state index in [1.807, 2.05) is 6.92 Å². The average molecular weight is 304 g/mol. The molecule has 0 saturated heterocycles. The van der Waals surface area contributed by atoms with Crippen LogP contribution in [0.2, 0.25) is 5.02 Å². The van der Waals surface area contributed by atoms with E-state index >= 15 is 0 Å². The van der Waals surface area contributed by atoms with E-state index < -0.39 is 5.82 Å². The first kappa shape index (κ1) is 11.6. The number of benzene rings is 1. The topological polar surface area (TPSA) is 17.8 Å². The molecule has 1 heterocycles.